The van der Waals surface area contributed by atoms with Gasteiger partial charge in [-0.3, -0.25) is 4.68 Å². The average Bonchev–Trinajstić information content (AvgIpc) is 3.29. The molecule has 2 amide bonds. The fraction of sp³-hybridized carbons (Fsp3) is 0.294. The van der Waals surface area contributed by atoms with Crippen LogP contribution in [0.3, 0.4) is 0 Å². The van der Waals surface area contributed by atoms with Gasteiger partial charge in [0.15, 0.2) is 0 Å². The maximum absolute atomic E-state index is 12.1. The number of nitrogens with zero attached hydrogens (tertiary/aromatic N) is 2. The van der Waals surface area contributed by atoms with Crippen LogP contribution >= 0.6 is 22.7 Å². The van der Waals surface area contributed by atoms with Gasteiger partial charge in [-0.25, -0.2) is 4.79 Å². The smallest absolute Gasteiger partial charge is 0.315 e. The van der Waals surface area contributed by atoms with E-state index in [9.17, 15) is 4.79 Å². The molecule has 0 aliphatic rings. The van der Waals surface area contributed by atoms with Crippen molar-refractivity contribution in [3.63, 3.8) is 0 Å². The number of amides is 2. The number of nitrogens with one attached hydrogen (secondary N) is 2. The molecule has 0 spiro atoms. The number of carbonyl (C=O) groups is 1. The molecule has 0 saturated carbocycles. The first-order valence-electron chi connectivity index (χ1n) is 7.72. The summed E-state index contributed by atoms with van der Waals surface area (Å²) < 4.78 is 1.98. The average molecular weight is 361 g/mol. The molecule has 0 aliphatic heterocycles. The van der Waals surface area contributed by atoms with E-state index >= 15 is 0 Å². The summed E-state index contributed by atoms with van der Waals surface area (Å²) in [6.45, 7) is 5.06. The zero-order chi connectivity index (χ0) is 16.9. The predicted molar refractivity (Wildman–Crippen MR) is 98.7 cm³/mol. The molecule has 3 aromatic heterocycles. The van der Waals surface area contributed by atoms with Crippen LogP contribution in [0.4, 0.5) is 4.79 Å². The third kappa shape index (κ3) is 4.04. The summed E-state index contributed by atoms with van der Waals surface area (Å²) in [5.41, 5.74) is 3.23. The van der Waals surface area contributed by atoms with Crippen LogP contribution in [-0.2, 0) is 6.54 Å². The number of rotatable bonds is 6. The number of aromatic nitrogens is 2. The third-order valence-electron chi connectivity index (χ3n) is 3.73. The number of hydrogen-bond donors (Lipinski definition) is 2. The van der Waals surface area contributed by atoms with Crippen LogP contribution in [0.1, 0.15) is 27.9 Å². The molecule has 24 heavy (non-hydrogen) atoms. The molecule has 0 aromatic carbocycles. The summed E-state index contributed by atoms with van der Waals surface area (Å²) >= 11 is 3.28. The molecule has 0 radical (unpaired) electrons. The van der Waals surface area contributed by atoms with E-state index < -0.39 is 0 Å². The lowest BCUT2D eigenvalue weighted by atomic mass is 10.1. The second-order valence-corrected chi connectivity index (χ2v) is 7.40. The lowest BCUT2D eigenvalue weighted by molar-refractivity contribution is 0.239. The van der Waals surface area contributed by atoms with Crippen LogP contribution in [-0.4, -0.2) is 22.4 Å². The molecular formula is C17H20N4OS2. The topological polar surface area (TPSA) is 59.0 Å². The summed E-state index contributed by atoms with van der Waals surface area (Å²) in [5.74, 6) is 0. The molecule has 126 valence electrons. The van der Waals surface area contributed by atoms with Gasteiger partial charge in [-0.15, -0.1) is 11.3 Å². The Morgan fingerprint density at radius 2 is 2.17 bits per heavy atom. The van der Waals surface area contributed by atoms with Crippen molar-refractivity contribution in [3.8, 4) is 0 Å². The normalized spacial score (nSPS) is 12.1. The van der Waals surface area contributed by atoms with Gasteiger partial charge in [0, 0.05) is 17.1 Å². The Labute approximate surface area is 149 Å². The Bertz CT molecular complexity index is 778. The van der Waals surface area contributed by atoms with Crippen LogP contribution in [0.25, 0.3) is 0 Å². The molecule has 3 rings (SSSR count). The van der Waals surface area contributed by atoms with Crippen LogP contribution in [0.2, 0.25) is 0 Å². The number of urea groups is 1. The Kier molecular flexibility index (Phi) is 5.32. The SMILES string of the molecule is Cc1cc(C)n([C@@H](CNC(=O)NCc2cccs2)c2ccsc2)n1. The molecule has 2 N–H and O–H groups in total. The van der Waals surface area contributed by atoms with Gasteiger partial charge in [0.05, 0.1) is 18.3 Å². The first-order chi connectivity index (χ1) is 11.6. The molecule has 7 heteroatoms. The third-order valence-corrected chi connectivity index (χ3v) is 5.30. The summed E-state index contributed by atoms with van der Waals surface area (Å²) in [5, 5.41) is 16.6. The van der Waals surface area contributed by atoms with Gasteiger partial charge in [0.25, 0.3) is 0 Å². The van der Waals surface area contributed by atoms with Crippen LogP contribution < -0.4 is 10.6 Å². The minimum Gasteiger partial charge on any atom is -0.336 e. The maximum atomic E-state index is 12.1. The predicted octanol–water partition coefficient (Wildman–Crippen LogP) is 3.71. The number of hydrogen-bond acceptors (Lipinski definition) is 4. The van der Waals surface area contributed by atoms with Crippen molar-refractivity contribution in [2.75, 3.05) is 6.54 Å². The quantitative estimate of drug-likeness (QED) is 0.704. The first kappa shape index (κ1) is 16.7. The van der Waals surface area contributed by atoms with Gasteiger partial charge in [-0.1, -0.05) is 6.07 Å². The number of aryl methyl sites for hydroxylation is 2. The number of thiophene rings is 2. The summed E-state index contributed by atoms with van der Waals surface area (Å²) in [7, 11) is 0. The molecule has 0 aliphatic carbocycles. The highest BCUT2D eigenvalue weighted by molar-refractivity contribution is 7.09. The van der Waals surface area contributed by atoms with Crippen LogP contribution in [0, 0.1) is 13.8 Å². The molecule has 0 fully saturated rings. The molecule has 5 nitrogen and oxygen atoms in total. The van der Waals surface area contributed by atoms with Gasteiger partial charge in [0.2, 0.25) is 0 Å². The van der Waals surface area contributed by atoms with Crippen molar-refractivity contribution in [1.82, 2.24) is 20.4 Å². The second kappa shape index (κ2) is 7.63. The van der Waals surface area contributed by atoms with Gasteiger partial charge < -0.3 is 10.6 Å². The molecular weight excluding hydrogens is 340 g/mol. The Morgan fingerprint density at radius 1 is 1.29 bits per heavy atom. The van der Waals surface area contributed by atoms with Crippen molar-refractivity contribution in [1.29, 1.82) is 0 Å². The molecule has 0 bridgehead atoms. The van der Waals surface area contributed by atoms with E-state index in [4.69, 9.17) is 0 Å². The lowest BCUT2D eigenvalue weighted by Crippen LogP contribution is -2.38. The largest absolute Gasteiger partial charge is 0.336 e. The Morgan fingerprint density at radius 3 is 2.79 bits per heavy atom. The van der Waals surface area contributed by atoms with Crippen molar-refractivity contribution in [3.05, 3.63) is 62.2 Å². The molecule has 0 saturated heterocycles. The van der Waals surface area contributed by atoms with E-state index in [0.29, 0.717) is 13.1 Å². The lowest BCUT2D eigenvalue weighted by Gasteiger charge is -2.19. The van der Waals surface area contributed by atoms with E-state index in [1.807, 2.05) is 41.4 Å². The van der Waals surface area contributed by atoms with E-state index in [0.717, 1.165) is 21.8 Å². The van der Waals surface area contributed by atoms with Crippen molar-refractivity contribution in [2.24, 2.45) is 0 Å². The van der Waals surface area contributed by atoms with E-state index in [1.165, 1.54) is 0 Å². The molecule has 3 aromatic rings. The van der Waals surface area contributed by atoms with Gasteiger partial charge >= 0.3 is 6.03 Å². The number of carbonyl (C=O) groups excluding carboxylic acids is 1. The van der Waals surface area contributed by atoms with Gasteiger partial charge in [0.1, 0.15) is 0 Å². The highest BCUT2D eigenvalue weighted by Crippen LogP contribution is 2.22. The zero-order valence-electron chi connectivity index (χ0n) is 13.7. The Balaban J connectivity index is 1.64. The first-order valence-corrected chi connectivity index (χ1v) is 9.54. The second-order valence-electron chi connectivity index (χ2n) is 5.59. The summed E-state index contributed by atoms with van der Waals surface area (Å²) in [4.78, 5) is 13.2. The van der Waals surface area contributed by atoms with E-state index in [1.54, 1.807) is 22.7 Å². The maximum Gasteiger partial charge on any atom is 0.315 e. The summed E-state index contributed by atoms with van der Waals surface area (Å²) in [6.07, 6.45) is 0. The summed E-state index contributed by atoms with van der Waals surface area (Å²) in [6, 6.07) is 7.96. The van der Waals surface area contributed by atoms with E-state index in [2.05, 4.69) is 33.2 Å². The van der Waals surface area contributed by atoms with Crippen LogP contribution in [0.15, 0.2) is 40.4 Å². The van der Waals surface area contributed by atoms with Crippen molar-refractivity contribution >= 4 is 28.7 Å². The standard InChI is InChI=1S/C17H20N4OS2/c1-12-8-13(2)21(20-12)16(14-5-7-23-11-14)10-19-17(22)18-9-15-4-3-6-24-15/h3-8,11,16H,9-10H2,1-2H3,(H2,18,19,22)/t16-/m0/s1. The minimum absolute atomic E-state index is 0.00237. The molecule has 1 atom stereocenters. The highest BCUT2D eigenvalue weighted by Gasteiger charge is 2.18. The Hall–Kier alpha value is -2.12. The monoisotopic (exact) mass is 360 g/mol. The van der Waals surface area contributed by atoms with Crippen molar-refractivity contribution < 1.29 is 4.79 Å². The van der Waals surface area contributed by atoms with Gasteiger partial charge in [-0.2, -0.15) is 16.4 Å². The fourth-order valence-electron chi connectivity index (χ4n) is 2.60. The van der Waals surface area contributed by atoms with Crippen LogP contribution in [0.5, 0.6) is 0 Å². The van der Waals surface area contributed by atoms with Gasteiger partial charge in [-0.05, 0) is 53.8 Å². The fourth-order valence-corrected chi connectivity index (χ4v) is 3.96. The molecule has 0 unspecified atom stereocenters. The highest BCUT2D eigenvalue weighted by atomic mass is 32.1. The minimum atomic E-state index is -0.162. The molecule has 3 heterocycles. The van der Waals surface area contributed by atoms with Crippen molar-refractivity contribution in [2.45, 2.75) is 26.4 Å². The van der Waals surface area contributed by atoms with E-state index in [-0.39, 0.29) is 12.1 Å². The zero-order valence-corrected chi connectivity index (χ0v) is 15.3.